The lowest BCUT2D eigenvalue weighted by Gasteiger charge is -2.10. The van der Waals surface area contributed by atoms with Crippen LogP contribution in [0.1, 0.15) is 38.5 Å². The summed E-state index contributed by atoms with van der Waals surface area (Å²) in [5.41, 5.74) is 1.99. The van der Waals surface area contributed by atoms with Crippen LogP contribution in [0.5, 0.6) is 0 Å². The van der Waals surface area contributed by atoms with Crippen molar-refractivity contribution in [3.05, 3.63) is 84.2 Å². The highest BCUT2D eigenvalue weighted by molar-refractivity contribution is 8.03. The number of amides is 1. The predicted octanol–water partition coefficient (Wildman–Crippen LogP) is 4.65. The molecule has 32 heavy (non-hydrogen) atoms. The van der Waals surface area contributed by atoms with Crippen LogP contribution in [0.25, 0.3) is 0 Å². The second-order valence-corrected chi connectivity index (χ2v) is 8.31. The van der Waals surface area contributed by atoms with Gasteiger partial charge in [-0.15, -0.1) is 11.8 Å². The summed E-state index contributed by atoms with van der Waals surface area (Å²) in [4.78, 5) is 46.4. The van der Waals surface area contributed by atoms with Gasteiger partial charge >= 0.3 is 5.97 Å². The highest BCUT2D eigenvalue weighted by Crippen LogP contribution is 2.41. The van der Waals surface area contributed by atoms with E-state index < -0.39 is 33.3 Å². The Morgan fingerprint density at radius 2 is 1.91 bits per heavy atom. The van der Waals surface area contributed by atoms with Gasteiger partial charge in [-0.1, -0.05) is 29.3 Å². The van der Waals surface area contributed by atoms with Gasteiger partial charge in [-0.2, -0.15) is 5.10 Å². The second-order valence-electron chi connectivity index (χ2n) is 6.52. The Labute approximate surface area is 195 Å². The van der Waals surface area contributed by atoms with Crippen molar-refractivity contribution in [3.8, 4) is 0 Å². The zero-order valence-corrected chi connectivity index (χ0v) is 18.5. The van der Waals surface area contributed by atoms with Crippen molar-refractivity contribution in [1.82, 2.24) is 5.43 Å². The number of nitro benzene ring substituents is 1. The van der Waals surface area contributed by atoms with Crippen molar-refractivity contribution in [2.24, 2.45) is 5.10 Å². The van der Waals surface area contributed by atoms with Gasteiger partial charge in [0.2, 0.25) is 0 Å². The number of thioether (sulfide) groups is 1. The zero-order valence-electron chi connectivity index (χ0n) is 16.2. The van der Waals surface area contributed by atoms with Gasteiger partial charge in [-0.3, -0.25) is 19.7 Å². The third kappa shape index (κ3) is 4.82. The van der Waals surface area contributed by atoms with Crippen molar-refractivity contribution in [2.45, 2.75) is 12.2 Å². The molecule has 0 radical (unpaired) electrons. The lowest BCUT2D eigenvalue weighted by molar-refractivity contribution is -0.385. The van der Waals surface area contributed by atoms with Crippen molar-refractivity contribution >= 4 is 64.0 Å². The fraction of sp³-hybridized carbons (Fsp3) is 0.100. The van der Waals surface area contributed by atoms with Crippen LogP contribution in [0.15, 0.2) is 52.5 Å². The van der Waals surface area contributed by atoms with Crippen LogP contribution in [0, 0.1) is 10.1 Å². The molecule has 1 amide bonds. The standard InChI is InChI=1S/C20H13Cl2N3O6S/c1-9(13-8-32-18(17(13)26)10-3-5-14(21)15(22)6-10)23-24-19(27)11-2-4-12(20(28)29)16(7-11)25(30)31/h2-8,18H,1H3,(H,24,27)(H,28,29)/b23-9+. The first-order chi connectivity index (χ1) is 15.1. The maximum Gasteiger partial charge on any atom is 0.342 e. The van der Waals surface area contributed by atoms with Crippen LogP contribution in [0.4, 0.5) is 5.69 Å². The summed E-state index contributed by atoms with van der Waals surface area (Å²) < 4.78 is 0. The van der Waals surface area contributed by atoms with Gasteiger partial charge in [0.05, 0.1) is 25.9 Å². The number of nitrogens with one attached hydrogen (secondary N) is 1. The van der Waals surface area contributed by atoms with E-state index in [1.165, 1.54) is 18.7 Å². The first kappa shape index (κ1) is 23.5. The first-order valence-electron chi connectivity index (χ1n) is 8.81. The number of nitro groups is 1. The zero-order chi connectivity index (χ0) is 23.6. The topological polar surface area (TPSA) is 139 Å². The number of allylic oxidation sites excluding steroid dienone is 1. The molecule has 164 valence electrons. The minimum atomic E-state index is -1.49. The van der Waals surface area contributed by atoms with E-state index in [4.69, 9.17) is 28.3 Å². The molecule has 2 aromatic carbocycles. The molecule has 0 fully saturated rings. The molecule has 1 aliphatic rings. The van der Waals surface area contributed by atoms with Crippen molar-refractivity contribution in [2.75, 3.05) is 0 Å². The van der Waals surface area contributed by atoms with E-state index in [2.05, 4.69) is 10.5 Å². The molecule has 2 aromatic rings. The Bertz CT molecular complexity index is 1230. The molecule has 0 spiro atoms. The SMILES string of the molecule is C/C(=N\NC(=O)c1ccc(C(=O)O)c([N+](=O)[O-])c1)C1=CSC(c2ccc(Cl)c(Cl)c2)C1=O. The summed E-state index contributed by atoms with van der Waals surface area (Å²) in [5.74, 6) is -2.52. The van der Waals surface area contributed by atoms with Gasteiger partial charge in [-0.05, 0) is 42.2 Å². The maximum atomic E-state index is 12.8. The lowest BCUT2D eigenvalue weighted by atomic mass is 10.0. The molecule has 1 aliphatic heterocycles. The molecule has 12 heteroatoms. The lowest BCUT2D eigenvalue weighted by Crippen LogP contribution is -2.21. The number of ketones is 1. The number of halogens is 2. The Morgan fingerprint density at radius 1 is 1.19 bits per heavy atom. The average Bonchev–Trinajstić information content (AvgIpc) is 3.14. The first-order valence-corrected chi connectivity index (χ1v) is 10.5. The number of hydrogen-bond acceptors (Lipinski definition) is 7. The van der Waals surface area contributed by atoms with Crippen LogP contribution in [-0.4, -0.2) is 33.4 Å². The Hall–Kier alpha value is -3.21. The smallest absolute Gasteiger partial charge is 0.342 e. The number of carboxylic acid groups (broad SMARTS) is 1. The Kier molecular flexibility index (Phi) is 6.97. The number of carbonyl (C=O) groups excluding carboxylic acids is 2. The molecule has 2 N–H and O–H groups in total. The third-order valence-corrected chi connectivity index (χ3v) is 6.34. The maximum absolute atomic E-state index is 12.8. The number of carboxylic acids is 1. The fourth-order valence-electron chi connectivity index (χ4n) is 2.83. The summed E-state index contributed by atoms with van der Waals surface area (Å²) in [6, 6.07) is 7.85. The van der Waals surface area contributed by atoms with Gasteiger partial charge in [0.1, 0.15) is 5.56 Å². The van der Waals surface area contributed by atoms with Crippen molar-refractivity contribution in [3.63, 3.8) is 0 Å². The summed E-state index contributed by atoms with van der Waals surface area (Å²) in [7, 11) is 0. The van der Waals surface area contributed by atoms with E-state index in [1.54, 1.807) is 23.6 Å². The normalized spacial score (nSPS) is 16.0. The number of carbonyl (C=O) groups is 3. The van der Waals surface area contributed by atoms with Crippen LogP contribution in [-0.2, 0) is 4.79 Å². The molecule has 9 nitrogen and oxygen atoms in total. The summed E-state index contributed by atoms with van der Waals surface area (Å²) >= 11 is 13.2. The Balaban J connectivity index is 1.74. The van der Waals surface area contributed by atoms with E-state index in [0.29, 0.717) is 21.2 Å². The van der Waals surface area contributed by atoms with Crippen LogP contribution in [0.2, 0.25) is 10.0 Å². The van der Waals surface area contributed by atoms with Gasteiger partial charge in [0.15, 0.2) is 5.78 Å². The summed E-state index contributed by atoms with van der Waals surface area (Å²) in [6.07, 6.45) is 0. The van der Waals surface area contributed by atoms with Gasteiger partial charge < -0.3 is 5.11 Å². The van der Waals surface area contributed by atoms with E-state index in [0.717, 1.165) is 18.2 Å². The number of benzene rings is 2. The molecule has 1 atom stereocenters. The van der Waals surface area contributed by atoms with E-state index in [9.17, 15) is 24.5 Å². The fourth-order valence-corrected chi connectivity index (χ4v) is 4.25. The summed E-state index contributed by atoms with van der Waals surface area (Å²) in [6.45, 7) is 1.53. The molecular formula is C20H13Cl2N3O6S. The highest BCUT2D eigenvalue weighted by Gasteiger charge is 2.31. The number of rotatable bonds is 6. The number of Topliss-reactive ketones (excluding diaryl/α,β-unsaturated/α-hetero) is 1. The molecule has 3 rings (SSSR count). The third-order valence-electron chi connectivity index (χ3n) is 4.47. The van der Waals surface area contributed by atoms with Gasteiger partial charge in [0, 0.05) is 17.2 Å². The van der Waals surface area contributed by atoms with E-state index in [1.807, 2.05) is 0 Å². The molecular weight excluding hydrogens is 481 g/mol. The number of hydrogen-bond donors (Lipinski definition) is 2. The monoisotopic (exact) mass is 493 g/mol. The second kappa shape index (κ2) is 9.51. The minimum absolute atomic E-state index is 0.159. The summed E-state index contributed by atoms with van der Waals surface area (Å²) in [5, 5.41) is 25.8. The Morgan fingerprint density at radius 3 is 2.53 bits per heavy atom. The van der Waals surface area contributed by atoms with E-state index >= 15 is 0 Å². The molecule has 1 heterocycles. The minimum Gasteiger partial charge on any atom is -0.477 e. The molecule has 1 unspecified atom stereocenters. The predicted molar refractivity (Wildman–Crippen MR) is 121 cm³/mol. The van der Waals surface area contributed by atoms with Crippen LogP contribution in [0.3, 0.4) is 0 Å². The molecule has 0 saturated carbocycles. The molecule has 0 saturated heterocycles. The highest BCUT2D eigenvalue weighted by atomic mass is 35.5. The molecule has 0 aromatic heterocycles. The number of aromatic carboxylic acids is 1. The molecule has 0 bridgehead atoms. The van der Waals surface area contributed by atoms with Crippen LogP contribution < -0.4 is 5.43 Å². The molecule has 0 aliphatic carbocycles. The van der Waals surface area contributed by atoms with Crippen LogP contribution >= 0.6 is 35.0 Å². The van der Waals surface area contributed by atoms with Gasteiger partial charge in [0.25, 0.3) is 11.6 Å². The van der Waals surface area contributed by atoms with E-state index in [-0.39, 0.29) is 17.1 Å². The quantitative estimate of drug-likeness (QED) is 0.339. The number of nitrogens with zero attached hydrogens (tertiary/aromatic N) is 2. The number of hydrazone groups is 1. The average molecular weight is 494 g/mol. The van der Waals surface area contributed by atoms with Crippen molar-refractivity contribution in [1.29, 1.82) is 0 Å². The van der Waals surface area contributed by atoms with Crippen molar-refractivity contribution < 1.29 is 24.4 Å². The largest absolute Gasteiger partial charge is 0.477 e. The van der Waals surface area contributed by atoms with Gasteiger partial charge in [-0.25, -0.2) is 10.2 Å².